The van der Waals surface area contributed by atoms with E-state index in [-0.39, 0.29) is 17.6 Å². The molecule has 4 rings (SSSR count). The van der Waals surface area contributed by atoms with Crippen LogP contribution in [0.2, 0.25) is 0 Å². The van der Waals surface area contributed by atoms with Crippen molar-refractivity contribution in [2.75, 3.05) is 13.2 Å². The van der Waals surface area contributed by atoms with Crippen molar-refractivity contribution in [3.05, 3.63) is 35.4 Å². The topological polar surface area (TPSA) is 29.5 Å². The van der Waals surface area contributed by atoms with Gasteiger partial charge in [-0.2, -0.15) is 0 Å². The highest BCUT2D eigenvalue weighted by molar-refractivity contribution is 5.32. The van der Waals surface area contributed by atoms with Gasteiger partial charge >= 0.3 is 0 Å². The summed E-state index contributed by atoms with van der Waals surface area (Å²) in [6.07, 6.45) is 5.41. The zero-order valence-electron chi connectivity index (χ0n) is 11.1. The Bertz CT molecular complexity index is 414. The molecular formula is C16H22O2. The molecule has 2 nitrogen and oxygen atoms in total. The summed E-state index contributed by atoms with van der Waals surface area (Å²) in [5.74, 6) is 0. The minimum Gasteiger partial charge on any atom is -0.396 e. The average Bonchev–Trinajstić information content (AvgIpc) is 2.41. The van der Waals surface area contributed by atoms with E-state index in [1.807, 2.05) is 0 Å². The van der Waals surface area contributed by atoms with Crippen LogP contribution in [0.3, 0.4) is 0 Å². The molecule has 0 unspecified atom stereocenters. The molecule has 2 bridgehead atoms. The molecule has 2 heterocycles. The standard InChI is InChI=1S/C16H22O2/c1-13-3-2-4-14(11-13)15-5-7-16(8-6-15,9-10-17)18-12-15/h2-4,11,17H,5-10,12H2,1H3. The normalized spacial score (nSPS) is 34.8. The number of benzene rings is 1. The predicted octanol–water partition coefficient (Wildman–Crippen LogP) is 2.96. The van der Waals surface area contributed by atoms with Crippen molar-refractivity contribution >= 4 is 0 Å². The molecule has 0 spiro atoms. The number of fused-ring (bicyclic) bond motifs is 3. The number of aliphatic hydroxyl groups is 1. The maximum absolute atomic E-state index is 9.17. The van der Waals surface area contributed by atoms with Crippen LogP contribution in [-0.4, -0.2) is 23.9 Å². The summed E-state index contributed by atoms with van der Waals surface area (Å²) in [4.78, 5) is 0. The number of aryl methyl sites for hydroxylation is 1. The first kappa shape index (κ1) is 12.2. The van der Waals surface area contributed by atoms with Crippen LogP contribution in [-0.2, 0) is 10.2 Å². The van der Waals surface area contributed by atoms with E-state index in [2.05, 4.69) is 31.2 Å². The van der Waals surface area contributed by atoms with Gasteiger partial charge in [-0.3, -0.25) is 0 Å². The highest BCUT2D eigenvalue weighted by Gasteiger charge is 2.49. The Labute approximate surface area is 109 Å². The first-order valence-electron chi connectivity index (χ1n) is 7.00. The molecule has 1 N–H and O–H groups in total. The lowest BCUT2D eigenvalue weighted by Crippen LogP contribution is -2.53. The van der Waals surface area contributed by atoms with Gasteiger partial charge in [0, 0.05) is 12.0 Å². The summed E-state index contributed by atoms with van der Waals surface area (Å²) >= 11 is 0. The molecule has 0 atom stereocenters. The summed E-state index contributed by atoms with van der Waals surface area (Å²) in [5.41, 5.74) is 3.00. The van der Waals surface area contributed by atoms with E-state index >= 15 is 0 Å². The van der Waals surface area contributed by atoms with Gasteiger partial charge in [-0.05, 0) is 44.6 Å². The molecular weight excluding hydrogens is 224 g/mol. The maximum Gasteiger partial charge on any atom is 0.0705 e. The fourth-order valence-corrected chi connectivity index (χ4v) is 3.64. The molecule has 0 amide bonds. The van der Waals surface area contributed by atoms with Crippen molar-refractivity contribution in [3.63, 3.8) is 0 Å². The van der Waals surface area contributed by atoms with Crippen LogP contribution in [0.4, 0.5) is 0 Å². The summed E-state index contributed by atoms with van der Waals surface area (Å²) in [6.45, 7) is 3.23. The van der Waals surface area contributed by atoms with Gasteiger partial charge in [0.05, 0.1) is 12.2 Å². The summed E-state index contributed by atoms with van der Waals surface area (Å²) in [7, 11) is 0. The van der Waals surface area contributed by atoms with Crippen LogP contribution >= 0.6 is 0 Å². The minimum absolute atomic E-state index is 0.0136. The van der Waals surface area contributed by atoms with Crippen molar-refractivity contribution in [1.29, 1.82) is 0 Å². The lowest BCUT2D eigenvalue weighted by Gasteiger charge is -2.53. The lowest BCUT2D eigenvalue weighted by molar-refractivity contribution is -0.164. The van der Waals surface area contributed by atoms with Crippen LogP contribution in [0.5, 0.6) is 0 Å². The predicted molar refractivity (Wildman–Crippen MR) is 71.7 cm³/mol. The van der Waals surface area contributed by atoms with Crippen LogP contribution in [0.15, 0.2) is 24.3 Å². The maximum atomic E-state index is 9.17. The second kappa shape index (κ2) is 4.36. The molecule has 1 aromatic carbocycles. The van der Waals surface area contributed by atoms with Crippen LogP contribution in [0, 0.1) is 6.92 Å². The number of ether oxygens (including phenoxy) is 1. The van der Waals surface area contributed by atoms with E-state index in [4.69, 9.17) is 9.84 Å². The van der Waals surface area contributed by atoms with Crippen molar-refractivity contribution < 1.29 is 9.84 Å². The number of rotatable bonds is 3. The molecule has 1 saturated carbocycles. The third kappa shape index (κ3) is 1.88. The van der Waals surface area contributed by atoms with E-state index in [0.717, 1.165) is 25.9 Å². The zero-order chi connectivity index (χ0) is 12.6. The quantitative estimate of drug-likeness (QED) is 0.888. The Kier molecular flexibility index (Phi) is 2.95. The molecule has 1 aromatic rings. The first-order valence-corrected chi connectivity index (χ1v) is 7.00. The summed E-state index contributed by atoms with van der Waals surface area (Å²) in [5, 5.41) is 9.17. The van der Waals surface area contributed by atoms with E-state index in [0.29, 0.717) is 0 Å². The SMILES string of the molecule is Cc1cccc(C23CCC(CCO)(CC2)OC3)c1. The van der Waals surface area contributed by atoms with Gasteiger partial charge in [0.2, 0.25) is 0 Å². The van der Waals surface area contributed by atoms with Crippen LogP contribution in [0.1, 0.15) is 43.2 Å². The van der Waals surface area contributed by atoms with Gasteiger partial charge in [0.1, 0.15) is 0 Å². The molecule has 98 valence electrons. The molecule has 3 aliphatic rings. The smallest absolute Gasteiger partial charge is 0.0705 e. The molecule has 0 aromatic heterocycles. The van der Waals surface area contributed by atoms with Crippen LogP contribution < -0.4 is 0 Å². The second-order valence-electron chi connectivity index (χ2n) is 6.10. The molecule has 2 aliphatic heterocycles. The van der Waals surface area contributed by atoms with E-state index < -0.39 is 0 Å². The van der Waals surface area contributed by atoms with Gasteiger partial charge < -0.3 is 9.84 Å². The minimum atomic E-state index is -0.0136. The Morgan fingerprint density at radius 3 is 2.56 bits per heavy atom. The first-order chi connectivity index (χ1) is 8.68. The van der Waals surface area contributed by atoms with Gasteiger partial charge in [-0.25, -0.2) is 0 Å². The average molecular weight is 246 g/mol. The van der Waals surface area contributed by atoms with Crippen molar-refractivity contribution in [3.8, 4) is 0 Å². The molecule has 18 heavy (non-hydrogen) atoms. The number of hydrogen-bond donors (Lipinski definition) is 1. The molecule has 3 fully saturated rings. The second-order valence-corrected chi connectivity index (χ2v) is 6.10. The summed E-state index contributed by atoms with van der Waals surface area (Å²) < 4.78 is 6.14. The van der Waals surface area contributed by atoms with Crippen molar-refractivity contribution in [2.24, 2.45) is 0 Å². The van der Waals surface area contributed by atoms with Gasteiger partial charge in [-0.1, -0.05) is 29.8 Å². The van der Waals surface area contributed by atoms with Crippen molar-refractivity contribution in [1.82, 2.24) is 0 Å². The number of hydrogen-bond acceptors (Lipinski definition) is 2. The Hall–Kier alpha value is -0.860. The Morgan fingerprint density at radius 1 is 1.22 bits per heavy atom. The highest BCUT2D eigenvalue weighted by Crippen LogP contribution is 2.51. The molecule has 0 radical (unpaired) electrons. The van der Waals surface area contributed by atoms with Gasteiger partial charge in [0.25, 0.3) is 0 Å². The lowest BCUT2D eigenvalue weighted by atomic mass is 9.62. The fourth-order valence-electron chi connectivity index (χ4n) is 3.64. The number of aliphatic hydroxyl groups excluding tert-OH is 1. The molecule has 2 heteroatoms. The molecule has 1 aliphatic carbocycles. The van der Waals surface area contributed by atoms with E-state index in [1.165, 1.54) is 24.0 Å². The third-order valence-electron chi connectivity index (χ3n) is 4.97. The Morgan fingerprint density at radius 2 is 2.00 bits per heavy atom. The monoisotopic (exact) mass is 246 g/mol. The fraction of sp³-hybridized carbons (Fsp3) is 0.625. The van der Waals surface area contributed by atoms with E-state index in [1.54, 1.807) is 0 Å². The zero-order valence-corrected chi connectivity index (χ0v) is 11.1. The summed E-state index contributed by atoms with van der Waals surface area (Å²) in [6, 6.07) is 8.88. The largest absolute Gasteiger partial charge is 0.396 e. The highest BCUT2D eigenvalue weighted by atomic mass is 16.5. The van der Waals surface area contributed by atoms with Crippen molar-refractivity contribution in [2.45, 2.75) is 50.0 Å². The van der Waals surface area contributed by atoms with Gasteiger partial charge in [-0.15, -0.1) is 0 Å². The Balaban J connectivity index is 1.84. The third-order valence-corrected chi connectivity index (χ3v) is 4.97. The van der Waals surface area contributed by atoms with Gasteiger partial charge in [0.15, 0.2) is 0 Å². The van der Waals surface area contributed by atoms with Crippen LogP contribution in [0.25, 0.3) is 0 Å². The molecule has 2 saturated heterocycles. The van der Waals surface area contributed by atoms with E-state index in [9.17, 15) is 0 Å².